The highest BCUT2D eigenvalue weighted by molar-refractivity contribution is 7.87. The Morgan fingerprint density at radius 1 is 1.26 bits per heavy atom. The van der Waals surface area contributed by atoms with Crippen LogP contribution in [-0.2, 0) is 23.2 Å². The molecule has 2 aliphatic heterocycles. The molecule has 19 heavy (non-hydrogen) atoms. The lowest BCUT2D eigenvalue weighted by Crippen LogP contribution is -2.47. The second-order valence-electron chi connectivity index (χ2n) is 5.16. The Balaban J connectivity index is 1.72. The van der Waals surface area contributed by atoms with E-state index in [1.807, 2.05) is 18.2 Å². The SMILES string of the molecule is O=S(=O)(N[C@@H]1CCNC1)N1CCc2ccccc2C1. The first-order valence-electron chi connectivity index (χ1n) is 6.70. The number of nitrogens with one attached hydrogen (secondary N) is 2. The van der Waals surface area contributed by atoms with Gasteiger partial charge in [0.2, 0.25) is 0 Å². The Hall–Kier alpha value is -0.950. The van der Waals surface area contributed by atoms with Gasteiger partial charge in [0.25, 0.3) is 10.2 Å². The number of fused-ring (bicyclic) bond motifs is 1. The highest BCUT2D eigenvalue weighted by atomic mass is 32.2. The Labute approximate surface area is 114 Å². The van der Waals surface area contributed by atoms with Gasteiger partial charge >= 0.3 is 0 Å². The lowest BCUT2D eigenvalue weighted by atomic mass is 10.0. The van der Waals surface area contributed by atoms with E-state index >= 15 is 0 Å². The maximum atomic E-state index is 12.3. The maximum absolute atomic E-state index is 12.3. The third-order valence-electron chi connectivity index (χ3n) is 3.81. The van der Waals surface area contributed by atoms with Crippen molar-refractivity contribution in [3.63, 3.8) is 0 Å². The number of nitrogens with zero attached hydrogens (tertiary/aromatic N) is 1. The minimum Gasteiger partial charge on any atom is -0.315 e. The van der Waals surface area contributed by atoms with Crippen LogP contribution in [-0.4, -0.2) is 38.4 Å². The third kappa shape index (κ3) is 2.81. The number of rotatable bonds is 3. The molecule has 1 fully saturated rings. The highest BCUT2D eigenvalue weighted by Gasteiger charge is 2.29. The fourth-order valence-electron chi connectivity index (χ4n) is 2.72. The van der Waals surface area contributed by atoms with Gasteiger partial charge in [0.05, 0.1) is 0 Å². The van der Waals surface area contributed by atoms with Crippen LogP contribution in [0, 0.1) is 0 Å². The topological polar surface area (TPSA) is 61.4 Å². The lowest BCUT2D eigenvalue weighted by molar-refractivity contribution is 0.379. The maximum Gasteiger partial charge on any atom is 0.280 e. The zero-order valence-electron chi connectivity index (χ0n) is 10.8. The second-order valence-corrected chi connectivity index (χ2v) is 6.87. The summed E-state index contributed by atoms with van der Waals surface area (Å²) < 4.78 is 29.0. The van der Waals surface area contributed by atoms with Crippen LogP contribution in [0.15, 0.2) is 24.3 Å². The molecule has 0 saturated carbocycles. The number of hydrogen-bond acceptors (Lipinski definition) is 3. The van der Waals surface area contributed by atoms with Crippen molar-refractivity contribution in [2.24, 2.45) is 0 Å². The zero-order valence-corrected chi connectivity index (χ0v) is 11.6. The van der Waals surface area contributed by atoms with E-state index in [1.54, 1.807) is 4.31 Å². The van der Waals surface area contributed by atoms with Crippen molar-refractivity contribution in [1.29, 1.82) is 0 Å². The Bertz CT molecular complexity index is 553. The van der Waals surface area contributed by atoms with Crippen LogP contribution in [0.5, 0.6) is 0 Å². The molecule has 1 aromatic carbocycles. The van der Waals surface area contributed by atoms with Crippen molar-refractivity contribution in [2.45, 2.75) is 25.4 Å². The predicted molar refractivity (Wildman–Crippen MR) is 73.9 cm³/mol. The van der Waals surface area contributed by atoms with Crippen molar-refractivity contribution >= 4 is 10.2 Å². The van der Waals surface area contributed by atoms with Crippen LogP contribution in [0.3, 0.4) is 0 Å². The molecule has 0 aliphatic carbocycles. The fourth-order valence-corrected chi connectivity index (χ4v) is 4.13. The standard InChI is InChI=1S/C13H19N3O2S/c17-19(18,15-13-5-7-14-9-13)16-8-6-11-3-1-2-4-12(11)10-16/h1-4,13-15H,5-10H2/t13-/m1/s1. The van der Waals surface area contributed by atoms with E-state index in [0.29, 0.717) is 13.1 Å². The highest BCUT2D eigenvalue weighted by Crippen LogP contribution is 2.20. The minimum atomic E-state index is -3.37. The van der Waals surface area contributed by atoms with E-state index in [9.17, 15) is 8.42 Å². The molecule has 0 bridgehead atoms. The molecule has 6 heteroatoms. The van der Waals surface area contributed by atoms with Crippen LogP contribution < -0.4 is 10.0 Å². The Kier molecular flexibility index (Phi) is 3.58. The zero-order chi connectivity index (χ0) is 13.3. The predicted octanol–water partition coefficient (Wildman–Crippen LogP) is 0.241. The Morgan fingerprint density at radius 2 is 2.05 bits per heavy atom. The smallest absolute Gasteiger partial charge is 0.280 e. The van der Waals surface area contributed by atoms with Gasteiger partial charge < -0.3 is 5.32 Å². The molecule has 0 unspecified atom stereocenters. The molecule has 3 rings (SSSR count). The normalized spacial score (nSPS) is 24.3. The van der Waals surface area contributed by atoms with Gasteiger partial charge in [-0.3, -0.25) is 0 Å². The molecule has 1 saturated heterocycles. The third-order valence-corrected chi connectivity index (χ3v) is 5.43. The van der Waals surface area contributed by atoms with Gasteiger partial charge in [0.15, 0.2) is 0 Å². The summed E-state index contributed by atoms with van der Waals surface area (Å²) in [6.45, 7) is 2.65. The van der Waals surface area contributed by atoms with Crippen LogP contribution in [0.25, 0.3) is 0 Å². The number of hydrogen-bond donors (Lipinski definition) is 2. The van der Waals surface area contributed by atoms with E-state index in [1.165, 1.54) is 5.56 Å². The van der Waals surface area contributed by atoms with E-state index < -0.39 is 10.2 Å². The molecule has 1 atom stereocenters. The van der Waals surface area contributed by atoms with Crippen LogP contribution in [0.4, 0.5) is 0 Å². The van der Waals surface area contributed by atoms with Crippen LogP contribution >= 0.6 is 0 Å². The summed E-state index contributed by atoms with van der Waals surface area (Å²) in [4.78, 5) is 0. The molecule has 104 valence electrons. The summed E-state index contributed by atoms with van der Waals surface area (Å²) in [6.07, 6.45) is 1.66. The minimum absolute atomic E-state index is 0.0298. The quantitative estimate of drug-likeness (QED) is 0.834. The van der Waals surface area contributed by atoms with Gasteiger partial charge in [-0.15, -0.1) is 0 Å². The molecule has 1 aromatic rings. The molecular weight excluding hydrogens is 262 g/mol. The molecule has 2 N–H and O–H groups in total. The molecule has 0 spiro atoms. The number of benzene rings is 1. The average Bonchev–Trinajstić information content (AvgIpc) is 2.90. The average molecular weight is 281 g/mol. The van der Waals surface area contributed by atoms with E-state index in [2.05, 4.69) is 16.1 Å². The van der Waals surface area contributed by atoms with Gasteiger partial charge in [0, 0.05) is 25.7 Å². The Morgan fingerprint density at radius 3 is 2.79 bits per heavy atom. The van der Waals surface area contributed by atoms with Crippen molar-refractivity contribution in [3.05, 3.63) is 35.4 Å². The van der Waals surface area contributed by atoms with Crippen LogP contribution in [0.1, 0.15) is 17.5 Å². The van der Waals surface area contributed by atoms with Crippen molar-refractivity contribution < 1.29 is 8.42 Å². The summed E-state index contributed by atoms with van der Waals surface area (Å²) in [7, 11) is -3.37. The second kappa shape index (κ2) is 5.20. The van der Waals surface area contributed by atoms with Crippen molar-refractivity contribution in [3.8, 4) is 0 Å². The van der Waals surface area contributed by atoms with Gasteiger partial charge in [-0.25, -0.2) is 0 Å². The molecule has 0 radical (unpaired) electrons. The van der Waals surface area contributed by atoms with Crippen LogP contribution in [0.2, 0.25) is 0 Å². The summed E-state index contributed by atoms with van der Waals surface area (Å²) in [6, 6.07) is 8.08. The molecule has 5 nitrogen and oxygen atoms in total. The van der Waals surface area contributed by atoms with Crippen molar-refractivity contribution in [2.75, 3.05) is 19.6 Å². The van der Waals surface area contributed by atoms with Gasteiger partial charge in [0.1, 0.15) is 0 Å². The summed E-state index contributed by atoms with van der Waals surface area (Å²) >= 11 is 0. The summed E-state index contributed by atoms with van der Waals surface area (Å²) in [5, 5.41) is 3.17. The van der Waals surface area contributed by atoms with Gasteiger partial charge in [-0.1, -0.05) is 24.3 Å². The van der Waals surface area contributed by atoms with Crippen molar-refractivity contribution in [1.82, 2.24) is 14.3 Å². The first kappa shape index (κ1) is 13.1. The largest absolute Gasteiger partial charge is 0.315 e. The monoisotopic (exact) mass is 281 g/mol. The first-order valence-corrected chi connectivity index (χ1v) is 8.14. The molecule has 2 heterocycles. The summed E-state index contributed by atoms with van der Waals surface area (Å²) in [5.41, 5.74) is 2.38. The van der Waals surface area contributed by atoms with E-state index in [-0.39, 0.29) is 6.04 Å². The first-order chi connectivity index (χ1) is 9.15. The molecule has 2 aliphatic rings. The lowest BCUT2D eigenvalue weighted by Gasteiger charge is -2.29. The summed E-state index contributed by atoms with van der Waals surface area (Å²) in [5.74, 6) is 0. The molecule has 0 aromatic heterocycles. The van der Waals surface area contributed by atoms with Gasteiger partial charge in [-0.2, -0.15) is 17.4 Å². The van der Waals surface area contributed by atoms with E-state index in [4.69, 9.17) is 0 Å². The molecule has 0 amide bonds. The fraction of sp³-hybridized carbons (Fsp3) is 0.538. The van der Waals surface area contributed by atoms with Gasteiger partial charge in [-0.05, 0) is 30.5 Å². The van der Waals surface area contributed by atoms with E-state index in [0.717, 1.165) is 31.5 Å². The molecular formula is C13H19N3O2S.